The van der Waals surface area contributed by atoms with E-state index in [9.17, 15) is 18.0 Å². The Bertz CT molecular complexity index is 779. The lowest BCUT2D eigenvalue weighted by molar-refractivity contribution is -0.137. The first kappa shape index (κ1) is 21.8. The van der Waals surface area contributed by atoms with E-state index >= 15 is 0 Å². The van der Waals surface area contributed by atoms with Gasteiger partial charge >= 0.3 is 6.18 Å². The third kappa shape index (κ3) is 4.85. The van der Waals surface area contributed by atoms with Gasteiger partial charge in [0.1, 0.15) is 0 Å². The van der Waals surface area contributed by atoms with Gasteiger partial charge in [0.25, 0.3) is 6.01 Å². The normalized spacial score (nSPS) is 14.7. The average Bonchev–Trinajstić information content (AvgIpc) is 3.18. The predicted octanol–water partition coefficient (Wildman–Crippen LogP) is 4.69. The molecule has 154 valence electrons. The van der Waals surface area contributed by atoms with Gasteiger partial charge in [0.05, 0.1) is 11.8 Å². The Hall–Kier alpha value is -2.51. The molecule has 0 atom stereocenters. The zero-order chi connectivity index (χ0) is 20.9. The molecule has 0 spiro atoms. The topological polar surface area (TPSA) is 49.6 Å². The summed E-state index contributed by atoms with van der Waals surface area (Å²) in [5.41, 5.74) is -0.789. The van der Waals surface area contributed by atoms with E-state index in [2.05, 4.69) is 4.98 Å². The average molecular weight is 397 g/mol. The molecule has 0 aliphatic carbocycles. The van der Waals surface area contributed by atoms with E-state index in [4.69, 9.17) is 4.42 Å². The molecular formula is C20H26F3N3O2. The molecule has 1 amide bonds. The fourth-order valence-corrected chi connectivity index (χ4v) is 2.96. The molecule has 1 aromatic carbocycles. The third-order valence-electron chi connectivity index (χ3n) is 4.35. The van der Waals surface area contributed by atoms with Crippen molar-refractivity contribution in [3.8, 4) is 11.3 Å². The zero-order valence-electron chi connectivity index (χ0n) is 16.6. The smallest absolute Gasteiger partial charge is 0.417 e. The number of carbonyl (C=O) groups excluding carboxylic acids is 1. The lowest BCUT2D eigenvalue weighted by atomic mass is 10.1. The number of aromatic nitrogens is 1. The molecule has 28 heavy (non-hydrogen) atoms. The van der Waals surface area contributed by atoms with Crippen LogP contribution < -0.4 is 4.90 Å². The van der Waals surface area contributed by atoms with Crippen LogP contribution in [0.15, 0.2) is 34.9 Å². The van der Waals surface area contributed by atoms with Gasteiger partial charge in [-0.2, -0.15) is 13.2 Å². The van der Waals surface area contributed by atoms with E-state index in [0.717, 1.165) is 6.07 Å². The fraction of sp³-hybridized carbons (Fsp3) is 0.500. The Morgan fingerprint density at radius 3 is 2.29 bits per heavy atom. The highest BCUT2D eigenvalue weighted by atomic mass is 19.4. The van der Waals surface area contributed by atoms with Crippen LogP contribution in [0.2, 0.25) is 0 Å². The Kier molecular flexibility index (Phi) is 7.10. The Balaban J connectivity index is 0.00000136. The maximum absolute atomic E-state index is 13.2. The van der Waals surface area contributed by atoms with Gasteiger partial charge in [-0.05, 0) is 6.07 Å². The van der Waals surface area contributed by atoms with E-state index in [1.54, 1.807) is 4.90 Å². The number of carbonyl (C=O) groups is 1. The van der Waals surface area contributed by atoms with Crippen molar-refractivity contribution in [1.82, 2.24) is 9.88 Å². The minimum Gasteiger partial charge on any atom is -0.423 e. The molecular weight excluding hydrogens is 371 g/mol. The van der Waals surface area contributed by atoms with Gasteiger partial charge in [0, 0.05) is 37.7 Å². The van der Waals surface area contributed by atoms with E-state index in [1.807, 2.05) is 32.6 Å². The highest BCUT2D eigenvalue weighted by molar-refractivity contribution is 5.78. The van der Waals surface area contributed by atoms with Crippen LogP contribution in [-0.4, -0.2) is 42.0 Å². The first-order valence-electron chi connectivity index (χ1n) is 9.43. The van der Waals surface area contributed by atoms with Crippen molar-refractivity contribution in [2.24, 2.45) is 5.92 Å². The minimum atomic E-state index is -4.47. The first-order chi connectivity index (χ1) is 13.3. The summed E-state index contributed by atoms with van der Waals surface area (Å²) in [7, 11) is 0. The number of rotatable bonds is 3. The number of oxazole rings is 1. The Labute approximate surface area is 163 Å². The Morgan fingerprint density at radius 1 is 1.11 bits per heavy atom. The van der Waals surface area contributed by atoms with Gasteiger partial charge in [-0.3, -0.25) is 4.79 Å². The molecule has 5 nitrogen and oxygen atoms in total. The van der Waals surface area contributed by atoms with Crippen molar-refractivity contribution >= 4 is 11.9 Å². The van der Waals surface area contributed by atoms with Gasteiger partial charge in [-0.25, -0.2) is 4.98 Å². The maximum Gasteiger partial charge on any atom is 0.417 e. The summed E-state index contributed by atoms with van der Waals surface area (Å²) in [6, 6.07) is 5.53. The second-order valence-electron chi connectivity index (χ2n) is 6.52. The van der Waals surface area contributed by atoms with Crippen LogP contribution in [0.4, 0.5) is 19.2 Å². The van der Waals surface area contributed by atoms with E-state index in [-0.39, 0.29) is 29.2 Å². The summed E-state index contributed by atoms with van der Waals surface area (Å²) in [4.78, 5) is 19.8. The molecule has 0 unspecified atom stereocenters. The number of hydrogen-bond donors (Lipinski definition) is 0. The summed E-state index contributed by atoms with van der Waals surface area (Å²) in [6.45, 7) is 9.83. The summed E-state index contributed by atoms with van der Waals surface area (Å²) < 4.78 is 45.1. The standard InChI is InChI=1S/C18H20F3N3O2.C2H6/c1-12(2)16(25)23-7-9-24(10-8-23)17-22-11-15(26-17)13-5-3-4-6-14(13)18(19,20)21;1-2/h3-6,11-12H,7-10H2,1-2H3;1-2H3. The molecule has 1 aliphatic rings. The van der Waals surface area contributed by atoms with Gasteiger partial charge in [0.15, 0.2) is 5.76 Å². The van der Waals surface area contributed by atoms with Crippen molar-refractivity contribution < 1.29 is 22.4 Å². The number of alkyl halides is 3. The molecule has 3 rings (SSSR count). The van der Waals surface area contributed by atoms with Crippen LogP contribution in [-0.2, 0) is 11.0 Å². The van der Waals surface area contributed by atoms with Crippen LogP contribution in [0, 0.1) is 5.92 Å². The highest BCUT2D eigenvalue weighted by Gasteiger charge is 2.34. The monoisotopic (exact) mass is 397 g/mol. The number of nitrogens with zero attached hydrogens (tertiary/aromatic N) is 3. The SMILES string of the molecule is CC.CC(C)C(=O)N1CCN(c2ncc(-c3ccccc3C(F)(F)F)o2)CC1. The second kappa shape index (κ2) is 9.12. The summed E-state index contributed by atoms with van der Waals surface area (Å²) in [6.07, 6.45) is -3.15. The molecule has 1 aromatic heterocycles. The number of piperazine rings is 1. The maximum atomic E-state index is 13.2. The van der Waals surface area contributed by atoms with Crippen molar-refractivity contribution in [3.05, 3.63) is 36.0 Å². The Morgan fingerprint density at radius 2 is 1.71 bits per heavy atom. The van der Waals surface area contributed by atoms with Gasteiger partial charge in [-0.1, -0.05) is 45.9 Å². The lowest BCUT2D eigenvalue weighted by Crippen LogP contribution is -2.50. The number of anilines is 1. The number of benzene rings is 1. The summed E-state index contributed by atoms with van der Waals surface area (Å²) in [5, 5.41) is 0. The molecule has 0 radical (unpaired) electrons. The molecule has 1 saturated heterocycles. The largest absolute Gasteiger partial charge is 0.423 e. The lowest BCUT2D eigenvalue weighted by Gasteiger charge is -2.34. The van der Waals surface area contributed by atoms with Crippen molar-refractivity contribution in [2.45, 2.75) is 33.9 Å². The van der Waals surface area contributed by atoms with E-state index in [0.29, 0.717) is 26.2 Å². The third-order valence-corrected chi connectivity index (χ3v) is 4.35. The molecule has 0 saturated carbocycles. The number of hydrogen-bond acceptors (Lipinski definition) is 4. The van der Waals surface area contributed by atoms with Crippen LogP contribution in [0.1, 0.15) is 33.3 Å². The van der Waals surface area contributed by atoms with Gasteiger partial charge in [0.2, 0.25) is 5.91 Å². The first-order valence-corrected chi connectivity index (χ1v) is 9.43. The van der Waals surface area contributed by atoms with Crippen LogP contribution in [0.3, 0.4) is 0 Å². The predicted molar refractivity (Wildman–Crippen MR) is 102 cm³/mol. The molecule has 1 fully saturated rings. The van der Waals surface area contributed by atoms with E-state index in [1.165, 1.54) is 24.4 Å². The number of halogens is 3. The van der Waals surface area contributed by atoms with Crippen LogP contribution >= 0.6 is 0 Å². The molecule has 2 aromatic rings. The highest BCUT2D eigenvalue weighted by Crippen LogP contribution is 2.37. The molecule has 8 heteroatoms. The van der Waals surface area contributed by atoms with Crippen LogP contribution in [0.5, 0.6) is 0 Å². The fourth-order valence-electron chi connectivity index (χ4n) is 2.96. The molecule has 0 bridgehead atoms. The quantitative estimate of drug-likeness (QED) is 0.754. The van der Waals surface area contributed by atoms with Crippen molar-refractivity contribution in [2.75, 3.05) is 31.1 Å². The minimum absolute atomic E-state index is 0.0348. The second-order valence-corrected chi connectivity index (χ2v) is 6.52. The molecule has 0 N–H and O–H groups in total. The summed E-state index contributed by atoms with van der Waals surface area (Å²) >= 11 is 0. The van der Waals surface area contributed by atoms with Gasteiger partial charge < -0.3 is 14.2 Å². The van der Waals surface area contributed by atoms with Crippen LogP contribution in [0.25, 0.3) is 11.3 Å². The molecule has 1 aliphatic heterocycles. The van der Waals surface area contributed by atoms with E-state index < -0.39 is 11.7 Å². The van der Waals surface area contributed by atoms with Gasteiger partial charge in [-0.15, -0.1) is 0 Å². The zero-order valence-corrected chi connectivity index (χ0v) is 16.6. The van der Waals surface area contributed by atoms with Crippen molar-refractivity contribution in [1.29, 1.82) is 0 Å². The molecule has 2 heterocycles. The summed E-state index contributed by atoms with van der Waals surface area (Å²) in [5.74, 6) is 0.110. The van der Waals surface area contributed by atoms with Crippen molar-refractivity contribution in [3.63, 3.8) is 0 Å². The number of amides is 1.